The van der Waals surface area contributed by atoms with Crippen LogP contribution < -0.4 is 4.90 Å². The Kier molecular flexibility index (Phi) is 4.96. The first-order valence-electron chi connectivity index (χ1n) is 10.3. The van der Waals surface area contributed by atoms with E-state index in [0.717, 1.165) is 42.6 Å². The second kappa shape index (κ2) is 7.42. The largest absolute Gasteiger partial charge is 0.332 e. The van der Waals surface area contributed by atoms with Gasteiger partial charge in [0, 0.05) is 30.8 Å². The third-order valence-corrected chi connectivity index (χ3v) is 5.97. The van der Waals surface area contributed by atoms with Crippen molar-refractivity contribution in [2.45, 2.75) is 52.5 Å². The molecule has 1 fully saturated rings. The SMILES string of the molecule is CCC(=O)N1CCc2cc(C(=O)N3CCCC3c3cc(C)cc(C)c3)ccc21. The second-order valence-corrected chi connectivity index (χ2v) is 8.07. The van der Waals surface area contributed by atoms with Gasteiger partial charge in [-0.15, -0.1) is 0 Å². The molecule has 1 atom stereocenters. The lowest BCUT2D eigenvalue weighted by Crippen LogP contribution is -2.30. The Morgan fingerprint density at radius 1 is 1.04 bits per heavy atom. The minimum atomic E-state index is 0.102. The minimum absolute atomic E-state index is 0.102. The fraction of sp³-hybridized carbons (Fsp3) is 0.417. The number of benzene rings is 2. The molecule has 4 heteroatoms. The Balaban J connectivity index is 1.60. The Labute approximate surface area is 167 Å². The van der Waals surface area contributed by atoms with Crippen LogP contribution in [0, 0.1) is 13.8 Å². The van der Waals surface area contributed by atoms with Gasteiger partial charge >= 0.3 is 0 Å². The molecule has 0 spiro atoms. The van der Waals surface area contributed by atoms with Crippen molar-refractivity contribution in [3.63, 3.8) is 0 Å². The molecule has 28 heavy (non-hydrogen) atoms. The van der Waals surface area contributed by atoms with Crippen molar-refractivity contribution >= 4 is 17.5 Å². The Hall–Kier alpha value is -2.62. The van der Waals surface area contributed by atoms with Crippen LogP contribution in [0.2, 0.25) is 0 Å². The van der Waals surface area contributed by atoms with Crippen LogP contribution in [0.15, 0.2) is 36.4 Å². The van der Waals surface area contributed by atoms with Crippen LogP contribution in [0.25, 0.3) is 0 Å². The van der Waals surface area contributed by atoms with E-state index in [-0.39, 0.29) is 17.9 Å². The lowest BCUT2D eigenvalue weighted by atomic mass is 9.99. The van der Waals surface area contributed by atoms with Crippen LogP contribution in [-0.2, 0) is 11.2 Å². The van der Waals surface area contributed by atoms with Gasteiger partial charge in [0.15, 0.2) is 0 Å². The van der Waals surface area contributed by atoms with Gasteiger partial charge in [-0.1, -0.05) is 36.2 Å². The molecule has 0 aliphatic carbocycles. The van der Waals surface area contributed by atoms with Gasteiger partial charge in [0.25, 0.3) is 5.91 Å². The summed E-state index contributed by atoms with van der Waals surface area (Å²) in [6.45, 7) is 7.63. The number of hydrogen-bond acceptors (Lipinski definition) is 2. The number of nitrogens with zero attached hydrogens (tertiary/aromatic N) is 2. The van der Waals surface area contributed by atoms with Crippen LogP contribution in [0.3, 0.4) is 0 Å². The lowest BCUT2D eigenvalue weighted by Gasteiger charge is -2.26. The summed E-state index contributed by atoms with van der Waals surface area (Å²) in [6.07, 6.45) is 3.37. The number of rotatable bonds is 3. The van der Waals surface area contributed by atoms with Crippen molar-refractivity contribution in [1.82, 2.24) is 4.90 Å². The summed E-state index contributed by atoms with van der Waals surface area (Å²) in [5.41, 5.74) is 6.54. The third kappa shape index (κ3) is 3.32. The van der Waals surface area contributed by atoms with E-state index >= 15 is 0 Å². The highest BCUT2D eigenvalue weighted by Crippen LogP contribution is 2.35. The predicted octanol–water partition coefficient (Wildman–Crippen LogP) is 4.58. The monoisotopic (exact) mass is 376 g/mol. The highest BCUT2D eigenvalue weighted by atomic mass is 16.2. The maximum absolute atomic E-state index is 13.3. The van der Waals surface area contributed by atoms with E-state index in [1.807, 2.05) is 34.9 Å². The molecule has 0 saturated carbocycles. The van der Waals surface area contributed by atoms with Gasteiger partial charge < -0.3 is 9.80 Å². The number of amides is 2. The standard InChI is InChI=1S/C24H28N2O2/c1-4-23(27)25-11-9-18-15-19(7-8-22(18)25)24(28)26-10-5-6-21(26)20-13-16(2)12-17(3)14-20/h7-8,12-15,21H,4-6,9-11H2,1-3H3. The fourth-order valence-corrected chi connectivity index (χ4v) is 4.71. The van der Waals surface area contributed by atoms with E-state index < -0.39 is 0 Å². The maximum atomic E-state index is 13.3. The molecule has 2 amide bonds. The second-order valence-electron chi connectivity index (χ2n) is 8.07. The first kappa shape index (κ1) is 18.7. The first-order valence-corrected chi connectivity index (χ1v) is 10.3. The van der Waals surface area contributed by atoms with Gasteiger partial charge in [-0.05, 0) is 62.4 Å². The molecule has 1 saturated heterocycles. The summed E-state index contributed by atoms with van der Waals surface area (Å²) >= 11 is 0. The summed E-state index contributed by atoms with van der Waals surface area (Å²) in [5, 5.41) is 0. The van der Waals surface area contributed by atoms with Gasteiger partial charge in [0.05, 0.1) is 6.04 Å². The van der Waals surface area contributed by atoms with Crippen molar-refractivity contribution in [2.75, 3.05) is 18.0 Å². The molecule has 2 aliphatic heterocycles. The quantitative estimate of drug-likeness (QED) is 0.787. The fourth-order valence-electron chi connectivity index (χ4n) is 4.71. The van der Waals surface area contributed by atoms with E-state index in [2.05, 4.69) is 32.0 Å². The number of carbonyl (C=O) groups is 2. The number of carbonyl (C=O) groups excluding carboxylic acids is 2. The van der Waals surface area contributed by atoms with E-state index in [1.54, 1.807) is 0 Å². The number of anilines is 1. The number of aryl methyl sites for hydroxylation is 2. The zero-order chi connectivity index (χ0) is 19.8. The molecule has 2 aliphatic rings. The summed E-state index contributed by atoms with van der Waals surface area (Å²) in [5.74, 6) is 0.247. The maximum Gasteiger partial charge on any atom is 0.254 e. The van der Waals surface area contributed by atoms with Crippen molar-refractivity contribution in [2.24, 2.45) is 0 Å². The van der Waals surface area contributed by atoms with Gasteiger partial charge in [-0.3, -0.25) is 9.59 Å². The summed E-state index contributed by atoms with van der Waals surface area (Å²) in [6, 6.07) is 12.6. The van der Waals surface area contributed by atoms with Crippen molar-refractivity contribution in [1.29, 1.82) is 0 Å². The van der Waals surface area contributed by atoms with Crippen LogP contribution in [0.4, 0.5) is 5.69 Å². The zero-order valence-electron chi connectivity index (χ0n) is 17.0. The molecule has 2 heterocycles. The van der Waals surface area contributed by atoms with Crippen LogP contribution in [0.1, 0.15) is 64.8 Å². The van der Waals surface area contributed by atoms with E-state index in [9.17, 15) is 9.59 Å². The molecule has 4 nitrogen and oxygen atoms in total. The first-order chi connectivity index (χ1) is 13.5. The molecule has 2 aromatic rings. The van der Waals surface area contributed by atoms with E-state index in [0.29, 0.717) is 13.0 Å². The molecule has 0 bridgehead atoms. The number of hydrogen-bond donors (Lipinski definition) is 0. The van der Waals surface area contributed by atoms with E-state index in [4.69, 9.17) is 0 Å². The molecule has 4 rings (SSSR count). The molecule has 2 aromatic carbocycles. The highest BCUT2D eigenvalue weighted by Gasteiger charge is 2.32. The zero-order valence-corrected chi connectivity index (χ0v) is 17.0. The topological polar surface area (TPSA) is 40.6 Å². The molecular weight excluding hydrogens is 348 g/mol. The Morgan fingerprint density at radius 3 is 2.50 bits per heavy atom. The van der Waals surface area contributed by atoms with Gasteiger partial charge in [-0.2, -0.15) is 0 Å². The molecule has 1 unspecified atom stereocenters. The normalized spacial score (nSPS) is 18.5. The van der Waals surface area contributed by atoms with Gasteiger partial charge in [-0.25, -0.2) is 0 Å². The molecular formula is C24H28N2O2. The number of fused-ring (bicyclic) bond motifs is 1. The van der Waals surface area contributed by atoms with Gasteiger partial charge in [0.1, 0.15) is 0 Å². The Morgan fingerprint density at radius 2 is 1.79 bits per heavy atom. The van der Waals surface area contributed by atoms with Gasteiger partial charge in [0.2, 0.25) is 5.91 Å². The van der Waals surface area contributed by atoms with Crippen LogP contribution >= 0.6 is 0 Å². The third-order valence-electron chi connectivity index (χ3n) is 5.97. The summed E-state index contributed by atoms with van der Waals surface area (Å²) in [4.78, 5) is 29.3. The van der Waals surface area contributed by atoms with Crippen LogP contribution in [-0.4, -0.2) is 29.8 Å². The lowest BCUT2D eigenvalue weighted by molar-refractivity contribution is -0.118. The molecule has 0 radical (unpaired) electrons. The van der Waals surface area contributed by atoms with Crippen LogP contribution in [0.5, 0.6) is 0 Å². The summed E-state index contributed by atoms with van der Waals surface area (Å²) in [7, 11) is 0. The molecule has 0 aromatic heterocycles. The number of likely N-dealkylation sites (tertiary alicyclic amines) is 1. The molecule has 0 N–H and O–H groups in total. The average Bonchev–Trinajstić information content (AvgIpc) is 3.32. The van der Waals surface area contributed by atoms with Crippen molar-refractivity contribution in [3.05, 3.63) is 64.2 Å². The molecule has 146 valence electrons. The van der Waals surface area contributed by atoms with Crippen molar-refractivity contribution < 1.29 is 9.59 Å². The minimum Gasteiger partial charge on any atom is -0.332 e. The average molecular weight is 377 g/mol. The predicted molar refractivity (Wildman–Crippen MR) is 112 cm³/mol. The van der Waals surface area contributed by atoms with Crippen molar-refractivity contribution in [3.8, 4) is 0 Å². The summed E-state index contributed by atoms with van der Waals surface area (Å²) < 4.78 is 0. The Bertz CT molecular complexity index is 914. The van der Waals surface area contributed by atoms with E-state index in [1.165, 1.54) is 16.7 Å². The smallest absolute Gasteiger partial charge is 0.254 e. The highest BCUT2D eigenvalue weighted by molar-refractivity contribution is 5.98.